The molecule has 5 aromatic rings. The van der Waals surface area contributed by atoms with Gasteiger partial charge in [0, 0.05) is 67.7 Å². The molecule has 3 aromatic carbocycles. The number of anilines is 2. The molecule has 2 aliphatic carbocycles. The van der Waals surface area contributed by atoms with Gasteiger partial charge in [0.05, 0.1) is 33.6 Å². The van der Waals surface area contributed by atoms with E-state index in [4.69, 9.17) is 14.2 Å². The topological polar surface area (TPSA) is 201 Å². The van der Waals surface area contributed by atoms with Crippen LogP contribution in [0.15, 0.2) is 77.8 Å². The van der Waals surface area contributed by atoms with Gasteiger partial charge in [0.2, 0.25) is 0 Å². The first kappa shape index (κ1) is 46.8. The number of nitrogens with one attached hydrogen (secondary N) is 3. The Bertz CT molecular complexity index is 2860. The molecule has 10 rings (SSSR count). The second kappa shape index (κ2) is 18.4. The van der Waals surface area contributed by atoms with E-state index in [0.29, 0.717) is 49.2 Å². The zero-order chi connectivity index (χ0) is 48.2. The summed E-state index contributed by atoms with van der Waals surface area (Å²) >= 11 is 0. The van der Waals surface area contributed by atoms with E-state index in [0.717, 1.165) is 56.2 Å². The molecule has 0 bridgehead atoms. The predicted octanol–water partition coefficient (Wildman–Crippen LogP) is 9.26. The third kappa shape index (κ3) is 9.32. The van der Waals surface area contributed by atoms with Gasteiger partial charge < -0.3 is 34.5 Å². The maximum atomic E-state index is 14.3. The maximum absolute atomic E-state index is 14.3. The van der Waals surface area contributed by atoms with Crippen molar-refractivity contribution in [2.24, 2.45) is 11.3 Å². The Hall–Kier alpha value is -5.91. The van der Waals surface area contributed by atoms with Crippen LogP contribution in [0.1, 0.15) is 119 Å². The van der Waals surface area contributed by atoms with Crippen LogP contribution in [0, 0.1) is 21.4 Å². The molecule has 69 heavy (non-hydrogen) atoms. The quantitative estimate of drug-likeness (QED) is 0.0643. The number of nitrogens with zero attached hydrogens (tertiary/aromatic N) is 4. The van der Waals surface area contributed by atoms with Gasteiger partial charge >= 0.3 is 0 Å². The standard InChI is InChI=1S/C52H63N7O9S/c1-5-66-50-46(25-34-17-22-53-48(34)55-50)68-44-26-35(57-23-20-52(21-24-57)30-58(31-52)42-12-8-11-39(42)38-10-7-6-9-37(38)32(2)3)13-14-40(44)49(60)56-69(64,65)36-27-43(59(62)63)47-45(28-36)67-29-41(54-47)33-15-18-51(4,61)19-16-33/h6-7,9-10,13-14,17,22,25-28,32-33,39,41-42,54,61H,5,8,11-12,15-16,18-21,23-24,29-31H2,1-4H3,(H,53,55)(H,56,60)/t33-,39-,41-,42-,51-/m1/s1. The van der Waals surface area contributed by atoms with E-state index in [9.17, 15) is 28.4 Å². The molecule has 4 fully saturated rings. The number of aromatic nitrogens is 2. The lowest BCUT2D eigenvalue weighted by Crippen LogP contribution is -2.63. The lowest BCUT2D eigenvalue weighted by Gasteiger charge is -2.57. The normalized spacial score (nSPS) is 24.6. The molecule has 1 spiro atoms. The highest BCUT2D eigenvalue weighted by atomic mass is 32.2. The lowest BCUT2D eigenvalue weighted by molar-refractivity contribution is -0.384. The van der Waals surface area contributed by atoms with Crippen molar-refractivity contribution in [3.63, 3.8) is 0 Å². The van der Waals surface area contributed by atoms with Gasteiger partial charge in [-0.1, -0.05) is 44.5 Å². The molecule has 0 unspecified atom stereocenters. The molecule has 2 aromatic heterocycles. The summed E-state index contributed by atoms with van der Waals surface area (Å²) in [5.41, 5.74) is 3.38. The van der Waals surface area contributed by atoms with Crippen LogP contribution in [0.2, 0.25) is 0 Å². The van der Waals surface area contributed by atoms with Crippen molar-refractivity contribution >= 4 is 44.0 Å². The third-order valence-electron chi connectivity index (χ3n) is 15.6. The van der Waals surface area contributed by atoms with Crippen LogP contribution < -0.4 is 29.1 Å². The molecule has 1 amide bonds. The SMILES string of the molecule is CCOc1nc2[nH]ccc2cc1Oc1cc(N2CCC3(CC2)CN([C@@H]2CCC[C@@H]2c2ccccc2C(C)C)C3)ccc1C(=O)NS(=O)(=O)c1cc2c(c([N+](=O)[O-])c1)N[C@@H]([C@H]1CC[C@](C)(O)CC1)CO2. The average molecular weight is 962 g/mol. The zero-order valence-electron chi connectivity index (χ0n) is 39.8. The number of H-pyrrole nitrogens is 1. The minimum absolute atomic E-state index is 0.00591. The number of sulfonamides is 1. The molecule has 366 valence electrons. The average Bonchev–Trinajstić information content (AvgIpc) is 4.00. The largest absolute Gasteiger partial charge is 0.489 e. The molecule has 3 aliphatic heterocycles. The van der Waals surface area contributed by atoms with Crippen LogP contribution in [-0.4, -0.2) is 96.3 Å². The summed E-state index contributed by atoms with van der Waals surface area (Å²) in [6, 6.07) is 20.1. The second-order valence-corrected chi connectivity index (χ2v) is 22.3. The van der Waals surface area contributed by atoms with Gasteiger partial charge in [-0.15, -0.1) is 0 Å². The van der Waals surface area contributed by atoms with E-state index >= 15 is 0 Å². The number of carbonyl (C=O) groups excluding carboxylic acids is 1. The molecule has 5 aliphatic rings. The van der Waals surface area contributed by atoms with Crippen molar-refractivity contribution in [1.82, 2.24) is 19.6 Å². The van der Waals surface area contributed by atoms with E-state index in [2.05, 4.69) is 67.9 Å². The number of hydrogen-bond donors (Lipinski definition) is 4. The van der Waals surface area contributed by atoms with Gasteiger partial charge in [-0.2, -0.15) is 4.98 Å². The highest BCUT2D eigenvalue weighted by Crippen LogP contribution is 2.49. The second-order valence-electron chi connectivity index (χ2n) is 20.6. The Morgan fingerprint density at radius 2 is 1.78 bits per heavy atom. The summed E-state index contributed by atoms with van der Waals surface area (Å²) in [6.45, 7) is 12.4. The summed E-state index contributed by atoms with van der Waals surface area (Å²) < 4.78 is 48.7. The first-order chi connectivity index (χ1) is 33.1. The van der Waals surface area contributed by atoms with Crippen molar-refractivity contribution < 1.29 is 37.5 Å². The molecule has 16 nitrogen and oxygen atoms in total. The minimum Gasteiger partial charge on any atom is -0.489 e. The Labute approximate surface area is 403 Å². The number of piperidine rings is 1. The van der Waals surface area contributed by atoms with Gasteiger partial charge in [-0.05, 0) is 124 Å². The Balaban J connectivity index is 0.881. The summed E-state index contributed by atoms with van der Waals surface area (Å²) in [5.74, 6) is 0.660. The molecule has 17 heteroatoms. The number of ether oxygens (including phenoxy) is 3. The summed E-state index contributed by atoms with van der Waals surface area (Å²) in [5, 5.41) is 26.9. The molecule has 2 saturated carbocycles. The molecule has 4 N–H and O–H groups in total. The van der Waals surface area contributed by atoms with Crippen molar-refractivity contribution in [3.8, 4) is 23.1 Å². The van der Waals surface area contributed by atoms with E-state index in [1.165, 1.54) is 36.5 Å². The van der Waals surface area contributed by atoms with Crippen LogP contribution in [0.25, 0.3) is 11.0 Å². The minimum atomic E-state index is -4.70. The van der Waals surface area contributed by atoms with Crippen LogP contribution in [-0.2, 0) is 10.0 Å². The lowest BCUT2D eigenvalue weighted by atomic mass is 9.70. The fraction of sp³-hybridized carbons (Fsp3) is 0.500. The number of benzene rings is 3. The number of nitro benzene ring substituents is 1. The number of amides is 1. The van der Waals surface area contributed by atoms with Gasteiger partial charge in [0.25, 0.3) is 27.5 Å². The van der Waals surface area contributed by atoms with Gasteiger partial charge in [0.15, 0.2) is 17.2 Å². The number of fused-ring (bicyclic) bond motifs is 2. The first-order valence-electron chi connectivity index (χ1n) is 24.6. The summed E-state index contributed by atoms with van der Waals surface area (Å²) in [4.78, 5) is 38.3. The highest BCUT2D eigenvalue weighted by molar-refractivity contribution is 7.90. The number of likely N-dealkylation sites (tertiary alicyclic amines) is 1. The van der Waals surface area contributed by atoms with Crippen LogP contribution in [0.3, 0.4) is 0 Å². The molecule has 5 heterocycles. The van der Waals surface area contributed by atoms with E-state index < -0.39 is 37.0 Å². The Morgan fingerprint density at radius 3 is 2.52 bits per heavy atom. The zero-order valence-corrected chi connectivity index (χ0v) is 40.6. The third-order valence-corrected chi connectivity index (χ3v) is 16.9. The number of hydrogen-bond acceptors (Lipinski definition) is 13. The summed E-state index contributed by atoms with van der Waals surface area (Å²) in [7, 11) is -4.70. The van der Waals surface area contributed by atoms with Crippen molar-refractivity contribution in [3.05, 3.63) is 99.7 Å². The van der Waals surface area contributed by atoms with E-state index in [-0.39, 0.29) is 65.0 Å². The van der Waals surface area contributed by atoms with Crippen LogP contribution >= 0.6 is 0 Å². The number of aromatic amines is 1. The fourth-order valence-corrected chi connectivity index (χ4v) is 12.8. The highest BCUT2D eigenvalue weighted by Gasteiger charge is 2.49. The number of rotatable bonds is 13. The van der Waals surface area contributed by atoms with E-state index in [1.807, 2.05) is 13.0 Å². The Kier molecular flexibility index (Phi) is 12.5. The van der Waals surface area contributed by atoms with Gasteiger partial charge in [-0.25, -0.2) is 13.1 Å². The monoisotopic (exact) mass is 961 g/mol. The number of aliphatic hydroxyl groups is 1. The molecule has 3 atom stereocenters. The summed E-state index contributed by atoms with van der Waals surface area (Å²) in [6.07, 6.45) is 10.1. The molecule has 0 radical (unpaired) electrons. The van der Waals surface area contributed by atoms with E-state index in [1.54, 1.807) is 37.4 Å². The molecule has 2 saturated heterocycles. The number of nitro groups is 1. The smallest absolute Gasteiger partial charge is 0.297 e. The number of carbonyl (C=O) groups is 1. The van der Waals surface area contributed by atoms with Crippen molar-refractivity contribution in [2.45, 2.75) is 120 Å². The van der Waals surface area contributed by atoms with Gasteiger partial charge in [0.1, 0.15) is 18.0 Å². The van der Waals surface area contributed by atoms with Crippen molar-refractivity contribution in [2.75, 3.05) is 49.6 Å². The molecular weight excluding hydrogens is 899 g/mol. The first-order valence-corrected chi connectivity index (χ1v) is 26.1. The number of pyridine rings is 1. The van der Waals surface area contributed by atoms with Crippen LogP contribution in [0.4, 0.5) is 17.1 Å². The molecular formula is C52H63N7O9S. The van der Waals surface area contributed by atoms with Crippen LogP contribution in [0.5, 0.6) is 23.1 Å². The van der Waals surface area contributed by atoms with Crippen molar-refractivity contribution in [1.29, 1.82) is 0 Å². The van der Waals surface area contributed by atoms with Gasteiger partial charge in [-0.3, -0.25) is 19.8 Å². The fourth-order valence-electron chi connectivity index (χ4n) is 11.8. The Morgan fingerprint density at radius 1 is 1.01 bits per heavy atom. The predicted molar refractivity (Wildman–Crippen MR) is 263 cm³/mol. The maximum Gasteiger partial charge on any atom is 0.297 e.